The average molecular weight is 399 g/mol. The first-order chi connectivity index (χ1) is 13.5. The molecule has 1 amide bonds. The molecule has 0 unspecified atom stereocenters. The third-order valence-electron chi connectivity index (χ3n) is 3.94. The molecule has 0 saturated carbocycles. The smallest absolute Gasteiger partial charge is 0.320 e. The number of aryl methyl sites for hydroxylation is 1. The molecule has 3 N–H and O–H groups in total. The van der Waals surface area contributed by atoms with E-state index >= 15 is 0 Å². The van der Waals surface area contributed by atoms with Crippen molar-refractivity contribution in [3.8, 4) is 5.69 Å². The summed E-state index contributed by atoms with van der Waals surface area (Å²) < 4.78 is 1.46. The standard InChI is InChI=1S/C17H13ClN6O2.C2H6/c1-9-2-3-10(18)6-13(9)19-16(25)15-8-24(23-22-15)11-4-5-12-14(7-11)21-17(26)20-12;1-2/h2-8H,1H3,(H,19,25)(H2,20,21,26);1-2H3. The highest BCUT2D eigenvalue weighted by Gasteiger charge is 2.13. The molecule has 0 radical (unpaired) electrons. The molecule has 0 atom stereocenters. The average Bonchev–Trinajstić information content (AvgIpc) is 3.31. The molecule has 0 spiro atoms. The van der Waals surface area contributed by atoms with Crippen molar-refractivity contribution in [1.82, 2.24) is 25.0 Å². The van der Waals surface area contributed by atoms with Crippen LogP contribution in [0.5, 0.6) is 0 Å². The Balaban J connectivity index is 0.00000109. The molecule has 8 nitrogen and oxygen atoms in total. The van der Waals surface area contributed by atoms with Gasteiger partial charge in [0.1, 0.15) is 0 Å². The highest BCUT2D eigenvalue weighted by molar-refractivity contribution is 6.31. The van der Waals surface area contributed by atoms with Gasteiger partial charge in [0.2, 0.25) is 0 Å². The quantitative estimate of drug-likeness (QED) is 0.489. The zero-order chi connectivity index (χ0) is 20.3. The van der Waals surface area contributed by atoms with Crippen LogP contribution in [0.4, 0.5) is 5.69 Å². The van der Waals surface area contributed by atoms with Crippen LogP contribution in [0, 0.1) is 6.92 Å². The lowest BCUT2D eigenvalue weighted by atomic mass is 10.2. The molecule has 2 aromatic carbocycles. The fraction of sp³-hybridized carbons (Fsp3) is 0.158. The summed E-state index contributed by atoms with van der Waals surface area (Å²) in [5.74, 6) is -0.391. The number of carbonyl (C=O) groups is 1. The number of carbonyl (C=O) groups excluding carboxylic acids is 1. The predicted octanol–water partition coefficient (Wildman–Crippen LogP) is 3.68. The zero-order valence-corrected chi connectivity index (χ0v) is 16.3. The second-order valence-electron chi connectivity index (χ2n) is 5.77. The molecular weight excluding hydrogens is 380 g/mol. The zero-order valence-electron chi connectivity index (χ0n) is 15.6. The topological polar surface area (TPSA) is 108 Å². The highest BCUT2D eigenvalue weighted by Crippen LogP contribution is 2.21. The fourth-order valence-corrected chi connectivity index (χ4v) is 2.74. The van der Waals surface area contributed by atoms with Gasteiger partial charge in [-0.3, -0.25) is 4.79 Å². The maximum absolute atomic E-state index is 12.4. The largest absolute Gasteiger partial charge is 0.323 e. The summed E-state index contributed by atoms with van der Waals surface area (Å²) >= 11 is 5.97. The molecule has 0 aliphatic heterocycles. The molecule has 2 aromatic heterocycles. The van der Waals surface area contributed by atoms with Crippen molar-refractivity contribution in [3.63, 3.8) is 0 Å². The summed E-state index contributed by atoms with van der Waals surface area (Å²) in [6.07, 6.45) is 1.52. The molecule has 4 aromatic rings. The summed E-state index contributed by atoms with van der Waals surface area (Å²) in [5.41, 5.74) is 3.37. The van der Waals surface area contributed by atoms with E-state index in [2.05, 4.69) is 25.6 Å². The van der Waals surface area contributed by atoms with Crippen molar-refractivity contribution in [2.45, 2.75) is 20.8 Å². The van der Waals surface area contributed by atoms with Crippen molar-refractivity contribution in [3.05, 3.63) is 69.4 Å². The Morgan fingerprint density at radius 1 is 1.11 bits per heavy atom. The van der Waals surface area contributed by atoms with Crippen LogP contribution in [0.2, 0.25) is 5.02 Å². The molecule has 2 heterocycles. The maximum atomic E-state index is 12.4. The van der Waals surface area contributed by atoms with Gasteiger partial charge in [0.05, 0.1) is 22.9 Å². The van der Waals surface area contributed by atoms with Gasteiger partial charge in [-0.05, 0) is 42.8 Å². The van der Waals surface area contributed by atoms with Crippen molar-refractivity contribution >= 4 is 34.2 Å². The summed E-state index contributed by atoms with van der Waals surface area (Å²) in [4.78, 5) is 29.1. The number of halogens is 1. The van der Waals surface area contributed by atoms with E-state index in [1.807, 2.05) is 26.8 Å². The fourth-order valence-electron chi connectivity index (χ4n) is 2.57. The van der Waals surface area contributed by atoms with Crippen LogP contribution >= 0.6 is 11.6 Å². The van der Waals surface area contributed by atoms with Crippen molar-refractivity contribution in [2.24, 2.45) is 0 Å². The van der Waals surface area contributed by atoms with Crippen LogP contribution in [0.15, 0.2) is 47.4 Å². The molecule has 0 aliphatic carbocycles. The minimum absolute atomic E-state index is 0.159. The molecule has 0 saturated heterocycles. The maximum Gasteiger partial charge on any atom is 0.323 e. The van der Waals surface area contributed by atoms with Gasteiger partial charge < -0.3 is 15.3 Å². The molecule has 0 bridgehead atoms. The van der Waals surface area contributed by atoms with Crippen LogP contribution in [-0.4, -0.2) is 30.9 Å². The van der Waals surface area contributed by atoms with Crippen molar-refractivity contribution in [2.75, 3.05) is 5.32 Å². The van der Waals surface area contributed by atoms with Crippen molar-refractivity contribution in [1.29, 1.82) is 0 Å². The molecule has 0 aliphatic rings. The van der Waals surface area contributed by atoms with Crippen LogP contribution in [0.3, 0.4) is 0 Å². The van der Waals surface area contributed by atoms with Crippen molar-refractivity contribution < 1.29 is 4.79 Å². The van der Waals surface area contributed by atoms with Gasteiger partial charge in [-0.25, -0.2) is 9.48 Å². The third-order valence-corrected chi connectivity index (χ3v) is 4.17. The minimum atomic E-state index is -0.391. The SMILES string of the molecule is CC.Cc1ccc(Cl)cc1NC(=O)c1cn(-c2ccc3[nH]c(=O)[nH]c3c2)nn1. The van der Waals surface area contributed by atoms with E-state index in [4.69, 9.17) is 11.6 Å². The number of anilines is 1. The number of aromatic nitrogens is 5. The Morgan fingerprint density at radius 2 is 1.86 bits per heavy atom. The van der Waals surface area contributed by atoms with Crippen LogP contribution in [-0.2, 0) is 0 Å². The number of nitrogens with one attached hydrogen (secondary N) is 3. The van der Waals surface area contributed by atoms with Crippen LogP contribution < -0.4 is 11.0 Å². The first-order valence-corrected chi connectivity index (χ1v) is 9.10. The van der Waals surface area contributed by atoms with Gasteiger partial charge in [0.25, 0.3) is 5.91 Å². The lowest BCUT2D eigenvalue weighted by Crippen LogP contribution is -2.13. The summed E-state index contributed by atoms with van der Waals surface area (Å²) in [7, 11) is 0. The van der Waals surface area contributed by atoms with Crippen LogP contribution in [0.1, 0.15) is 29.9 Å². The first kappa shape index (κ1) is 19.4. The van der Waals surface area contributed by atoms with E-state index < -0.39 is 5.91 Å². The number of fused-ring (bicyclic) bond motifs is 1. The van der Waals surface area contributed by atoms with Gasteiger partial charge in [-0.15, -0.1) is 5.10 Å². The molecular formula is C19H19ClN6O2. The van der Waals surface area contributed by atoms with E-state index in [1.165, 1.54) is 10.9 Å². The van der Waals surface area contributed by atoms with E-state index in [0.717, 1.165) is 5.56 Å². The number of imidazole rings is 1. The molecule has 28 heavy (non-hydrogen) atoms. The van der Waals surface area contributed by atoms with E-state index in [1.54, 1.807) is 30.3 Å². The number of H-pyrrole nitrogens is 2. The number of benzene rings is 2. The minimum Gasteiger partial charge on any atom is -0.320 e. The molecule has 9 heteroatoms. The Morgan fingerprint density at radius 3 is 2.64 bits per heavy atom. The number of hydrogen-bond donors (Lipinski definition) is 3. The Bertz CT molecular complexity index is 1190. The van der Waals surface area contributed by atoms with Gasteiger partial charge in [-0.1, -0.05) is 36.7 Å². The van der Waals surface area contributed by atoms with Gasteiger partial charge in [0, 0.05) is 10.7 Å². The second-order valence-corrected chi connectivity index (χ2v) is 6.21. The Labute approximate surface area is 165 Å². The normalized spacial score (nSPS) is 10.4. The predicted molar refractivity (Wildman–Crippen MR) is 109 cm³/mol. The summed E-state index contributed by atoms with van der Waals surface area (Å²) in [6, 6.07) is 10.5. The summed E-state index contributed by atoms with van der Waals surface area (Å²) in [6.45, 7) is 5.87. The number of amides is 1. The van der Waals surface area contributed by atoms with Crippen LogP contribution in [0.25, 0.3) is 16.7 Å². The lowest BCUT2D eigenvalue weighted by Gasteiger charge is -2.07. The number of hydrogen-bond acceptors (Lipinski definition) is 4. The van der Waals surface area contributed by atoms with E-state index in [0.29, 0.717) is 27.4 Å². The first-order valence-electron chi connectivity index (χ1n) is 8.72. The monoisotopic (exact) mass is 398 g/mol. The molecule has 144 valence electrons. The Hall–Kier alpha value is -3.39. The highest BCUT2D eigenvalue weighted by atomic mass is 35.5. The number of rotatable bonds is 3. The Kier molecular flexibility index (Phi) is 5.60. The molecule has 4 rings (SSSR count). The third kappa shape index (κ3) is 3.96. The second kappa shape index (κ2) is 8.10. The van der Waals surface area contributed by atoms with Gasteiger partial charge >= 0.3 is 5.69 Å². The van der Waals surface area contributed by atoms with E-state index in [-0.39, 0.29) is 11.4 Å². The number of nitrogens with zero attached hydrogens (tertiary/aromatic N) is 3. The summed E-state index contributed by atoms with van der Waals surface area (Å²) in [5, 5.41) is 11.2. The molecule has 0 fully saturated rings. The van der Waals surface area contributed by atoms with Gasteiger partial charge in [-0.2, -0.15) is 0 Å². The number of aromatic amines is 2. The lowest BCUT2D eigenvalue weighted by molar-refractivity contribution is 0.102. The van der Waals surface area contributed by atoms with E-state index in [9.17, 15) is 9.59 Å². The van der Waals surface area contributed by atoms with Gasteiger partial charge in [0.15, 0.2) is 5.69 Å².